The summed E-state index contributed by atoms with van der Waals surface area (Å²) in [5, 5.41) is 13.0. The Hall–Kier alpha value is -2.69. The Morgan fingerprint density at radius 1 is 1.30 bits per heavy atom. The number of nitrogens with one attached hydrogen (secondary N) is 1. The molecule has 0 unspecified atom stereocenters. The molecule has 4 rings (SSSR count). The summed E-state index contributed by atoms with van der Waals surface area (Å²) < 4.78 is 5.44. The average Bonchev–Trinajstić information content (AvgIpc) is 2.52. The fourth-order valence-corrected chi connectivity index (χ4v) is 3.68. The number of aromatic hydroxyl groups is 1. The van der Waals surface area contributed by atoms with Gasteiger partial charge in [0.25, 0.3) is 5.91 Å². The van der Waals surface area contributed by atoms with Gasteiger partial charge in [-0.25, -0.2) is 0 Å². The molecule has 2 aromatic rings. The first-order chi connectivity index (χ1) is 11.0. The number of methoxy groups -OCH3 is 1. The SMILES string of the molecule is COc1cc(O)cc2c1CN1c3ccccc3C(=O)N[C@]1(C)C2. The Morgan fingerprint density at radius 3 is 2.87 bits per heavy atom. The summed E-state index contributed by atoms with van der Waals surface area (Å²) in [5.74, 6) is 0.798. The van der Waals surface area contributed by atoms with Crippen LogP contribution in [0.15, 0.2) is 36.4 Å². The predicted molar refractivity (Wildman–Crippen MR) is 86.9 cm³/mol. The van der Waals surface area contributed by atoms with E-state index in [1.54, 1.807) is 19.2 Å². The quantitative estimate of drug-likeness (QED) is 0.849. The van der Waals surface area contributed by atoms with E-state index in [4.69, 9.17) is 4.74 Å². The van der Waals surface area contributed by atoms with Crippen LogP contribution in [0.4, 0.5) is 5.69 Å². The van der Waals surface area contributed by atoms with Crippen molar-refractivity contribution in [2.45, 2.75) is 25.6 Å². The van der Waals surface area contributed by atoms with Crippen LogP contribution >= 0.6 is 0 Å². The molecular formula is C18H18N2O3. The number of rotatable bonds is 1. The molecule has 118 valence electrons. The highest BCUT2D eigenvalue weighted by Crippen LogP contribution is 2.42. The number of carbonyl (C=O) groups excluding carboxylic acids is 1. The topological polar surface area (TPSA) is 61.8 Å². The molecule has 0 saturated carbocycles. The zero-order valence-corrected chi connectivity index (χ0v) is 13.1. The third-order valence-electron chi connectivity index (χ3n) is 4.77. The maximum atomic E-state index is 12.4. The van der Waals surface area contributed by atoms with E-state index in [-0.39, 0.29) is 11.7 Å². The van der Waals surface area contributed by atoms with Crippen molar-refractivity contribution < 1.29 is 14.6 Å². The van der Waals surface area contributed by atoms with Crippen LogP contribution in [0.5, 0.6) is 11.5 Å². The van der Waals surface area contributed by atoms with Gasteiger partial charge in [0.05, 0.1) is 18.4 Å². The zero-order chi connectivity index (χ0) is 16.2. The van der Waals surface area contributed by atoms with E-state index in [0.29, 0.717) is 24.3 Å². The lowest BCUT2D eigenvalue weighted by Crippen LogP contribution is -2.65. The van der Waals surface area contributed by atoms with Crippen LogP contribution in [0.25, 0.3) is 0 Å². The number of nitrogens with zero attached hydrogens (tertiary/aromatic N) is 1. The van der Waals surface area contributed by atoms with Gasteiger partial charge in [0, 0.05) is 24.6 Å². The number of hydrogen-bond donors (Lipinski definition) is 2. The molecule has 23 heavy (non-hydrogen) atoms. The van der Waals surface area contributed by atoms with Gasteiger partial charge in [0.1, 0.15) is 17.2 Å². The lowest BCUT2D eigenvalue weighted by Gasteiger charge is -2.50. The number of anilines is 1. The summed E-state index contributed by atoms with van der Waals surface area (Å²) in [6.45, 7) is 2.63. The second-order valence-electron chi connectivity index (χ2n) is 6.29. The van der Waals surface area contributed by atoms with E-state index >= 15 is 0 Å². The second-order valence-corrected chi connectivity index (χ2v) is 6.29. The molecule has 5 nitrogen and oxygen atoms in total. The Bertz CT molecular complexity index is 818. The van der Waals surface area contributed by atoms with Gasteiger partial charge in [-0.1, -0.05) is 12.1 Å². The lowest BCUT2D eigenvalue weighted by atomic mass is 9.86. The number of carbonyl (C=O) groups is 1. The van der Waals surface area contributed by atoms with Gasteiger partial charge in [0.2, 0.25) is 0 Å². The van der Waals surface area contributed by atoms with Crippen LogP contribution < -0.4 is 15.0 Å². The highest BCUT2D eigenvalue weighted by molar-refractivity contribution is 6.02. The molecule has 0 spiro atoms. The second kappa shape index (κ2) is 4.65. The Balaban J connectivity index is 1.89. The number of fused-ring (bicyclic) bond motifs is 4. The summed E-state index contributed by atoms with van der Waals surface area (Å²) >= 11 is 0. The summed E-state index contributed by atoms with van der Waals surface area (Å²) in [7, 11) is 1.61. The maximum absolute atomic E-state index is 12.4. The summed E-state index contributed by atoms with van der Waals surface area (Å²) in [4.78, 5) is 14.6. The number of phenols is 1. The van der Waals surface area contributed by atoms with Gasteiger partial charge in [0.15, 0.2) is 0 Å². The highest BCUT2D eigenvalue weighted by Gasteiger charge is 2.44. The number of phenolic OH excluding ortho intramolecular Hbond substituents is 1. The largest absolute Gasteiger partial charge is 0.508 e. The maximum Gasteiger partial charge on any atom is 0.255 e. The van der Waals surface area contributed by atoms with Crippen molar-refractivity contribution >= 4 is 11.6 Å². The van der Waals surface area contributed by atoms with E-state index in [9.17, 15) is 9.90 Å². The first-order valence-electron chi connectivity index (χ1n) is 7.60. The zero-order valence-electron chi connectivity index (χ0n) is 13.1. The fourth-order valence-electron chi connectivity index (χ4n) is 3.68. The molecule has 2 aromatic carbocycles. The Morgan fingerprint density at radius 2 is 2.09 bits per heavy atom. The van der Waals surface area contributed by atoms with Crippen molar-refractivity contribution in [3.05, 3.63) is 53.1 Å². The summed E-state index contributed by atoms with van der Waals surface area (Å²) in [6, 6.07) is 11.0. The van der Waals surface area contributed by atoms with Gasteiger partial charge in [-0.2, -0.15) is 0 Å². The van der Waals surface area contributed by atoms with Gasteiger partial charge in [-0.3, -0.25) is 4.79 Å². The van der Waals surface area contributed by atoms with Gasteiger partial charge >= 0.3 is 0 Å². The van der Waals surface area contributed by atoms with Crippen LogP contribution in [0.1, 0.15) is 28.4 Å². The molecule has 2 heterocycles. The molecule has 0 bridgehead atoms. The third kappa shape index (κ3) is 1.96. The number of benzene rings is 2. The number of para-hydroxylation sites is 1. The van der Waals surface area contributed by atoms with Crippen molar-refractivity contribution in [1.82, 2.24) is 5.32 Å². The van der Waals surface area contributed by atoms with Crippen LogP contribution in [-0.2, 0) is 13.0 Å². The molecule has 2 aliphatic rings. The van der Waals surface area contributed by atoms with E-state index in [1.165, 1.54) is 0 Å². The molecule has 0 radical (unpaired) electrons. The highest BCUT2D eigenvalue weighted by atomic mass is 16.5. The number of amides is 1. The number of hydrogen-bond acceptors (Lipinski definition) is 4. The van der Waals surface area contributed by atoms with Crippen LogP contribution in [-0.4, -0.2) is 23.8 Å². The van der Waals surface area contributed by atoms with Gasteiger partial charge in [-0.15, -0.1) is 0 Å². The molecule has 5 heteroatoms. The molecular weight excluding hydrogens is 292 g/mol. The van der Waals surface area contributed by atoms with Crippen LogP contribution in [0, 0.1) is 0 Å². The van der Waals surface area contributed by atoms with E-state index in [2.05, 4.69) is 10.2 Å². The third-order valence-corrected chi connectivity index (χ3v) is 4.77. The minimum Gasteiger partial charge on any atom is -0.508 e. The average molecular weight is 310 g/mol. The normalized spacial score (nSPS) is 21.8. The molecule has 2 aliphatic heterocycles. The molecule has 0 saturated heterocycles. The summed E-state index contributed by atoms with van der Waals surface area (Å²) in [6.07, 6.45) is 0.604. The monoisotopic (exact) mass is 310 g/mol. The van der Waals surface area contributed by atoms with Crippen molar-refractivity contribution in [2.24, 2.45) is 0 Å². The molecule has 1 amide bonds. The van der Waals surface area contributed by atoms with Crippen molar-refractivity contribution in [1.29, 1.82) is 0 Å². The molecule has 2 N–H and O–H groups in total. The van der Waals surface area contributed by atoms with E-state index in [1.807, 2.05) is 31.2 Å². The smallest absolute Gasteiger partial charge is 0.255 e. The number of ether oxygens (including phenoxy) is 1. The summed E-state index contributed by atoms with van der Waals surface area (Å²) in [5.41, 5.74) is 3.15. The van der Waals surface area contributed by atoms with E-state index < -0.39 is 5.66 Å². The lowest BCUT2D eigenvalue weighted by molar-refractivity contribution is 0.0883. The van der Waals surface area contributed by atoms with Crippen molar-refractivity contribution in [3.8, 4) is 11.5 Å². The van der Waals surface area contributed by atoms with Crippen LogP contribution in [0.3, 0.4) is 0 Å². The van der Waals surface area contributed by atoms with Gasteiger partial charge < -0.3 is 20.1 Å². The first kappa shape index (κ1) is 13.9. The molecule has 0 aromatic heterocycles. The van der Waals surface area contributed by atoms with E-state index in [0.717, 1.165) is 16.8 Å². The fraction of sp³-hybridized carbons (Fsp3) is 0.278. The van der Waals surface area contributed by atoms with Crippen molar-refractivity contribution in [2.75, 3.05) is 12.0 Å². The first-order valence-corrected chi connectivity index (χ1v) is 7.60. The van der Waals surface area contributed by atoms with Crippen molar-refractivity contribution in [3.63, 3.8) is 0 Å². The predicted octanol–water partition coefficient (Wildman–Crippen LogP) is 2.42. The standard InChI is InChI=1S/C18H18N2O3/c1-18-9-11-7-12(21)8-16(23-2)14(11)10-20(18)15-6-4-3-5-13(15)17(22)19-18/h3-8,21H,9-10H2,1-2H3,(H,19,22)/t18-/m0/s1. The molecule has 0 aliphatic carbocycles. The van der Waals surface area contributed by atoms with Gasteiger partial charge in [-0.05, 0) is 30.7 Å². The molecule has 0 fully saturated rings. The Labute approximate surface area is 134 Å². The minimum absolute atomic E-state index is 0.0603. The molecule has 1 atom stereocenters. The minimum atomic E-state index is -0.517. The Kier molecular flexibility index (Phi) is 2.82. The van der Waals surface area contributed by atoms with Crippen LogP contribution in [0.2, 0.25) is 0 Å².